The van der Waals surface area contributed by atoms with Gasteiger partial charge in [0.25, 0.3) is 0 Å². The molecule has 0 fully saturated rings. The minimum Gasteiger partial charge on any atom is -0.299 e. The van der Waals surface area contributed by atoms with Gasteiger partial charge in [-0.25, -0.2) is 4.39 Å². The van der Waals surface area contributed by atoms with E-state index in [1.165, 1.54) is 12.1 Å². The van der Waals surface area contributed by atoms with Crippen LogP contribution in [-0.2, 0) is 0 Å². The van der Waals surface area contributed by atoms with Crippen LogP contribution in [0.2, 0.25) is 0 Å². The number of ketones is 1. The highest BCUT2D eigenvalue weighted by Crippen LogP contribution is 2.09. The summed E-state index contributed by atoms with van der Waals surface area (Å²) in [5.74, 6) is -0.0447. The number of Topliss-reactive ketones (excluding diaryl/α,β-unsaturated/α-hetero) is 1. The summed E-state index contributed by atoms with van der Waals surface area (Å²) < 4.78 is 13.4. The number of halogens is 1. The Hall–Kier alpha value is -1.22. The van der Waals surface area contributed by atoms with Gasteiger partial charge in [0, 0.05) is 6.54 Å². The third-order valence-corrected chi connectivity index (χ3v) is 2.91. The molecule has 0 heterocycles. The van der Waals surface area contributed by atoms with Crippen LogP contribution in [0.5, 0.6) is 0 Å². The van der Waals surface area contributed by atoms with Gasteiger partial charge < -0.3 is 0 Å². The minimum atomic E-state index is -0.436. The number of nitrogens with zero attached hydrogens (tertiary/aromatic N) is 1. The van der Waals surface area contributed by atoms with E-state index in [1.54, 1.807) is 12.1 Å². The van der Waals surface area contributed by atoms with Gasteiger partial charge in [0.1, 0.15) is 5.82 Å². The zero-order chi connectivity index (χ0) is 12.8. The molecule has 0 radical (unpaired) electrons. The van der Waals surface area contributed by atoms with Gasteiger partial charge in [0.2, 0.25) is 0 Å². The van der Waals surface area contributed by atoms with Crippen molar-refractivity contribution < 1.29 is 9.18 Å². The van der Waals surface area contributed by atoms with Crippen LogP contribution in [0.15, 0.2) is 24.3 Å². The van der Waals surface area contributed by atoms with Crippen LogP contribution < -0.4 is 0 Å². The first kappa shape index (κ1) is 13.8. The SMILES string of the molecule is CCC(C)CN(C)CC(=O)c1ccccc1F. The first-order chi connectivity index (χ1) is 8.04. The zero-order valence-electron chi connectivity index (χ0n) is 10.7. The molecule has 0 aromatic heterocycles. The quantitative estimate of drug-likeness (QED) is 0.709. The van der Waals surface area contributed by atoms with Crippen molar-refractivity contribution >= 4 is 5.78 Å². The molecule has 0 saturated heterocycles. The first-order valence-corrected chi connectivity index (χ1v) is 6.00. The Morgan fingerprint density at radius 1 is 1.41 bits per heavy atom. The number of carbonyl (C=O) groups is 1. The predicted octanol–water partition coefficient (Wildman–Crippen LogP) is 2.99. The predicted molar refractivity (Wildman–Crippen MR) is 67.7 cm³/mol. The van der Waals surface area contributed by atoms with Crippen molar-refractivity contribution in [3.63, 3.8) is 0 Å². The van der Waals surface area contributed by atoms with E-state index in [0.29, 0.717) is 5.92 Å². The molecule has 1 rings (SSSR count). The molecule has 0 aliphatic carbocycles. The van der Waals surface area contributed by atoms with E-state index in [0.717, 1.165) is 13.0 Å². The van der Waals surface area contributed by atoms with E-state index in [4.69, 9.17) is 0 Å². The lowest BCUT2D eigenvalue weighted by atomic mass is 10.1. The summed E-state index contributed by atoms with van der Waals surface area (Å²) in [5.41, 5.74) is 0.184. The molecule has 0 spiro atoms. The molecule has 0 N–H and O–H groups in total. The summed E-state index contributed by atoms with van der Waals surface area (Å²) in [5, 5.41) is 0. The molecule has 1 aromatic carbocycles. The smallest absolute Gasteiger partial charge is 0.179 e. The fourth-order valence-electron chi connectivity index (χ4n) is 1.74. The van der Waals surface area contributed by atoms with Crippen LogP contribution >= 0.6 is 0 Å². The Balaban J connectivity index is 2.58. The molecule has 94 valence electrons. The van der Waals surface area contributed by atoms with Crippen molar-refractivity contribution in [1.82, 2.24) is 4.90 Å². The van der Waals surface area contributed by atoms with Gasteiger partial charge in [-0.15, -0.1) is 0 Å². The molecular formula is C14H20FNO. The molecule has 0 bridgehead atoms. The second-order valence-electron chi connectivity index (χ2n) is 4.61. The zero-order valence-corrected chi connectivity index (χ0v) is 10.7. The first-order valence-electron chi connectivity index (χ1n) is 6.00. The van der Waals surface area contributed by atoms with E-state index in [1.807, 2.05) is 11.9 Å². The molecule has 1 atom stereocenters. The van der Waals surface area contributed by atoms with Crippen molar-refractivity contribution in [1.29, 1.82) is 0 Å². The number of benzene rings is 1. The molecule has 1 unspecified atom stereocenters. The number of carbonyl (C=O) groups excluding carboxylic acids is 1. The lowest BCUT2D eigenvalue weighted by molar-refractivity contribution is 0.0935. The van der Waals surface area contributed by atoms with Crippen LogP contribution in [0.1, 0.15) is 30.6 Å². The van der Waals surface area contributed by atoms with Crippen LogP contribution in [0.3, 0.4) is 0 Å². The highest BCUT2D eigenvalue weighted by atomic mass is 19.1. The Morgan fingerprint density at radius 2 is 2.06 bits per heavy atom. The van der Waals surface area contributed by atoms with E-state index in [-0.39, 0.29) is 17.9 Å². The summed E-state index contributed by atoms with van der Waals surface area (Å²) in [7, 11) is 1.89. The van der Waals surface area contributed by atoms with Crippen LogP contribution in [0, 0.1) is 11.7 Å². The average Bonchev–Trinajstić information content (AvgIpc) is 2.29. The van der Waals surface area contributed by atoms with Crippen LogP contribution in [0.4, 0.5) is 4.39 Å². The van der Waals surface area contributed by atoms with Gasteiger partial charge in [-0.1, -0.05) is 32.4 Å². The second-order valence-corrected chi connectivity index (χ2v) is 4.61. The topological polar surface area (TPSA) is 20.3 Å². The summed E-state index contributed by atoms with van der Waals surface area (Å²) in [6.07, 6.45) is 1.08. The van der Waals surface area contributed by atoms with Crippen molar-refractivity contribution in [2.75, 3.05) is 20.1 Å². The van der Waals surface area contributed by atoms with Crippen LogP contribution in [-0.4, -0.2) is 30.8 Å². The van der Waals surface area contributed by atoms with Crippen molar-refractivity contribution in [2.45, 2.75) is 20.3 Å². The Bertz CT molecular complexity index is 378. The van der Waals surface area contributed by atoms with E-state index < -0.39 is 5.82 Å². The Morgan fingerprint density at radius 3 is 2.65 bits per heavy atom. The highest BCUT2D eigenvalue weighted by Gasteiger charge is 2.14. The minimum absolute atomic E-state index is 0.158. The molecular weight excluding hydrogens is 217 g/mol. The van der Waals surface area contributed by atoms with Gasteiger partial charge in [0.05, 0.1) is 12.1 Å². The Labute approximate surface area is 102 Å². The molecule has 0 saturated carbocycles. The normalized spacial score (nSPS) is 12.8. The number of rotatable bonds is 6. The maximum Gasteiger partial charge on any atom is 0.179 e. The standard InChI is InChI=1S/C14H20FNO/c1-4-11(2)9-16(3)10-14(17)12-7-5-6-8-13(12)15/h5-8,11H,4,9-10H2,1-3H3. The number of hydrogen-bond donors (Lipinski definition) is 0. The summed E-state index contributed by atoms with van der Waals surface area (Å²) >= 11 is 0. The number of hydrogen-bond acceptors (Lipinski definition) is 2. The van der Waals surface area contributed by atoms with Gasteiger partial charge >= 0.3 is 0 Å². The molecule has 17 heavy (non-hydrogen) atoms. The van der Waals surface area contributed by atoms with Crippen molar-refractivity contribution in [3.05, 3.63) is 35.6 Å². The third kappa shape index (κ3) is 4.27. The highest BCUT2D eigenvalue weighted by molar-refractivity contribution is 5.97. The third-order valence-electron chi connectivity index (χ3n) is 2.91. The molecule has 0 amide bonds. The van der Waals surface area contributed by atoms with Crippen molar-refractivity contribution in [2.24, 2.45) is 5.92 Å². The van der Waals surface area contributed by atoms with Gasteiger partial charge in [-0.2, -0.15) is 0 Å². The van der Waals surface area contributed by atoms with E-state index in [2.05, 4.69) is 13.8 Å². The van der Waals surface area contributed by atoms with E-state index >= 15 is 0 Å². The molecule has 1 aromatic rings. The van der Waals surface area contributed by atoms with Gasteiger partial charge in [0.15, 0.2) is 5.78 Å². The Kier molecular flexibility index (Phi) is 5.29. The van der Waals surface area contributed by atoms with Gasteiger partial charge in [-0.3, -0.25) is 9.69 Å². The lowest BCUT2D eigenvalue weighted by Crippen LogP contribution is -2.30. The van der Waals surface area contributed by atoms with Gasteiger partial charge in [-0.05, 0) is 25.1 Å². The second kappa shape index (κ2) is 6.50. The van der Waals surface area contributed by atoms with E-state index in [9.17, 15) is 9.18 Å². The number of likely N-dealkylation sites (N-methyl/N-ethyl adjacent to an activating group) is 1. The molecule has 2 nitrogen and oxygen atoms in total. The fraction of sp³-hybridized carbons (Fsp3) is 0.500. The lowest BCUT2D eigenvalue weighted by Gasteiger charge is -2.19. The molecule has 0 aliphatic rings. The van der Waals surface area contributed by atoms with Crippen molar-refractivity contribution in [3.8, 4) is 0 Å². The monoisotopic (exact) mass is 237 g/mol. The largest absolute Gasteiger partial charge is 0.299 e. The average molecular weight is 237 g/mol. The summed E-state index contributed by atoms with van der Waals surface area (Å²) in [6.45, 7) is 5.39. The maximum absolute atomic E-state index is 13.4. The van der Waals surface area contributed by atoms with Crippen LogP contribution in [0.25, 0.3) is 0 Å². The fourth-order valence-corrected chi connectivity index (χ4v) is 1.74. The maximum atomic E-state index is 13.4. The molecule has 0 aliphatic heterocycles. The molecule has 3 heteroatoms. The summed E-state index contributed by atoms with van der Waals surface area (Å²) in [6, 6.07) is 6.14. The summed E-state index contributed by atoms with van der Waals surface area (Å²) in [4.78, 5) is 13.8.